The zero-order chi connectivity index (χ0) is 17.9. The first-order chi connectivity index (χ1) is 12.7. The molecule has 0 spiro atoms. The van der Waals surface area contributed by atoms with Gasteiger partial charge in [0, 0.05) is 23.3 Å². The smallest absolute Gasteiger partial charge is 0.240 e. The second-order valence-corrected chi connectivity index (χ2v) is 6.39. The van der Waals surface area contributed by atoms with Gasteiger partial charge < -0.3 is 0 Å². The van der Waals surface area contributed by atoms with Gasteiger partial charge in [0.25, 0.3) is 0 Å². The Morgan fingerprint density at radius 3 is 2.77 bits per heavy atom. The molecule has 1 amide bonds. The number of fused-ring (bicyclic) bond motifs is 1. The summed E-state index contributed by atoms with van der Waals surface area (Å²) in [5.41, 5.74) is 2.15. The van der Waals surface area contributed by atoms with Gasteiger partial charge >= 0.3 is 0 Å². The van der Waals surface area contributed by atoms with E-state index in [4.69, 9.17) is 0 Å². The van der Waals surface area contributed by atoms with Crippen LogP contribution in [0, 0.1) is 5.82 Å². The molecule has 7 heteroatoms. The third-order valence-corrected chi connectivity index (χ3v) is 4.44. The number of rotatable bonds is 4. The average Bonchev–Trinajstić information content (AvgIpc) is 3.14. The molecule has 0 atom stereocenters. The van der Waals surface area contributed by atoms with Crippen molar-refractivity contribution in [2.75, 3.05) is 25.0 Å². The van der Waals surface area contributed by atoms with E-state index in [2.05, 4.69) is 25.2 Å². The minimum atomic E-state index is -0.389. The molecule has 1 fully saturated rings. The van der Waals surface area contributed by atoms with E-state index >= 15 is 0 Å². The topological polar surface area (TPSA) is 71.0 Å². The average molecular weight is 351 g/mol. The van der Waals surface area contributed by atoms with E-state index in [9.17, 15) is 9.18 Å². The maximum absolute atomic E-state index is 13.4. The first kappa shape index (κ1) is 16.5. The largest absolute Gasteiger partial charge is 0.295 e. The molecule has 132 valence electrons. The molecule has 3 heterocycles. The van der Waals surface area contributed by atoms with E-state index < -0.39 is 0 Å². The number of hydrogen-bond donors (Lipinski definition) is 1. The van der Waals surface area contributed by atoms with Crippen LogP contribution in [0.25, 0.3) is 22.0 Å². The zero-order valence-corrected chi connectivity index (χ0v) is 14.2. The number of nitrogens with zero attached hydrogens (tertiary/aromatic N) is 4. The van der Waals surface area contributed by atoms with Crippen molar-refractivity contribution in [3.8, 4) is 11.1 Å². The number of hydrogen-bond acceptors (Lipinski definition) is 5. The molecule has 0 saturated carbocycles. The van der Waals surface area contributed by atoms with Crippen LogP contribution in [0.4, 0.5) is 10.3 Å². The number of carbonyl (C=O) groups is 1. The van der Waals surface area contributed by atoms with Crippen molar-refractivity contribution < 1.29 is 9.18 Å². The monoisotopic (exact) mass is 351 g/mol. The van der Waals surface area contributed by atoms with E-state index in [-0.39, 0.29) is 17.7 Å². The summed E-state index contributed by atoms with van der Waals surface area (Å²) in [7, 11) is 0. The lowest BCUT2D eigenvalue weighted by Crippen LogP contribution is -2.31. The molecule has 4 rings (SSSR count). The zero-order valence-electron chi connectivity index (χ0n) is 14.2. The van der Waals surface area contributed by atoms with Gasteiger partial charge in [-0.1, -0.05) is 12.1 Å². The predicted octanol–water partition coefficient (Wildman–Crippen LogP) is 2.87. The second-order valence-electron chi connectivity index (χ2n) is 6.39. The number of pyridine rings is 1. The molecule has 0 unspecified atom stereocenters. The van der Waals surface area contributed by atoms with Crippen molar-refractivity contribution in [1.82, 2.24) is 19.9 Å². The van der Waals surface area contributed by atoms with Gasteiger partial charge in [0.2, 0.25) is 11.9 Å². The maximum Gasteiger partial charge on any atom is 0.240 e. The van der Waals surface area contributed by atoms with E-state index in [0.29, 0.717) is 17.6 Å². The molecule has 6 nitrogen and oxygen atoms in total. The molecule has 0 bridgehead atoms. The standard InChI is InChI=1S/C19H18FN5O/c20-16-7-15(9-21-11-16)13-3-4-14-10-22-19(23-17(14)8-13)24-18(26)12-25-5-1-2-6-25/h3-4,7-11H,1-2,5-6,12H2,(H,22,23,24,26). The molecule has 1 aromatic carbocycles. The number of anilines is 1. The normalized spacial score (nSPS) is 14.7. The summed E-state index contributed by atoms with van der Waals surface area (Å²) in [6.45, 7) is 2.27. The van der Waals surface area contributed by atoms with Gasteiger partial charge in [-0.2, -0.15) is 0 Å². The molecule has 1 N–H and O–H groups in total. The Kier molecular flexibility index (Phi) is 4.53. The van der Waals surface area contributed by atoms with Crippen LogP contribution in [-0.4, -0.2) is 45.4 Å². The highest BCUT2D eigenvalue weighted by molar-refractivity contribution is 5.92. The van der Waals surface area contributed by atoms with Crippen LogP contribution in [0.3, 0.4) is 0 Å². The number of carbonyl (C=O) groups excluding carboxylic acids is 1. The van der Waals surface area contributed by atoms with E-state index in [0.717, 1.165) is 36.9 Å². The SMILES string of the molecule is O=C(CN1CCCC1)Nc1ncc2ccc(-c3cncc(F)c3)cc2n1. The van der Waals surface area contributed by atoms with Crippen molar-refractivity contribution >= 4 is 22.8 Å². The maximum atomic E-state index is 13.4. The fourth-order valence-corrected chi connectivity index (χ4v) is 3.14. The third kappa shape index (κ3) is 3.67. The first-order valence-electron chi connectivity index (χ1n) is 8.57. The summed E-state index contributed by atoms with van der Waals surface area (Å²) in [5, 5.41) is 3.60. The number of benzene rings is 1. The highest BCUT2D eigenvalue weighted by Crippen LogP contribution is 2.23. The predicted molar refractivity (Wildman–Crippen MR) is 97.0 cm³/mol. The molecule has 1 aliphatic heterocycles. The fourth-order valence-electron chi connectivity index (χ4n) is 3.14. The Morgan fingerprint density at radius 2 is 1.96 bits per heavy atom. The summed E-state index contributed by atoms with van der Waals surface area (Å²) in [4.78, 5) is 26.8. The summed E-state index contributed by atoms with van der Waals surface area (Å²) in [5.74, 6) is -0.229. The Bertz CT molecular complexity index is 956. The molecule has 1 saturated heterocycles. The molecule has 3 aromatic rings. The molecule has 1 aliphatic rings. The number of halogens is 1. The highest BCUT2D eigenvalue weighted by atomic mass is 19.1. The molecular weight excluding hydrogens is 333 g/mol. The van der Waals surface area contributed by atoms with Crippen molar-refractivity contribution in [2.24, 2.45) is 0 Å². The summed E-state index contributed by atoms with van der Waals surface area (Å²) >= 11 is 0. The molecule has 26 heavy (non-hydrogen) atoms. The first-order valence-corrected chi connectivity index (χ1v) is 8.57. The van der Waals surface area contributed by atoms with Crippen LogP contribution in [0.5, 0.6) is 0 Å². The van der Waals surface area contributed by atoms with E-state index in [1.807, 2.05) is 18.2 Å². The van der Waals surface area contributed by atoms with Crippen LogP contribution in [0.15, 0.2) is 42.9 Å². The van der Waals surface area contributed by atoms with Gasteiger partial charge in [-0.25, -0.2) is 14.4 Å². The van der Waals surface area contributed by atoms with Gasteiger partial charge in [0.15, 0.2) is 0 Å². The van der Waals surface area contributed by atoms with Crippen molar-refractivity contribution in [1.29, 1.82) is 0 Å². The Hall–Kier alpha value is -2.93. The van der Waals surface area contributed by atoms with Crippen molar-refractivity contribution in [2.45, 2.75) is 12.8 Å². The molecule has 0 radical (unpaired) electrons. The Labute approximate surface area is 150 Å². The third-order valence-electron chi connectivity index (χ3n) is 4.44. The van der Waals surface area contributed by atoms with Gasteiger partial charge in [0.1, 0.15) is 5.82 Å². The minimum Gasteiger partial charge on any atom is -0.295 e. The number of nitrogens with one attached hydrogen (secondary N) is 1. The number of amides is 1. The lowest BCUT2D eigenvalue weighted by atomic mass is 10.1. The lowest BCUT2D eigenvalue weighted by molar-refractivity contribution is -0.117. The number of aromatic nitrogens is 3. The van der Waals surface area contributed by atoms with Gasteiger partial charge in [-0.15, -0.1) is 0 Å². The van der Waals surface area contributed by atoms with Crippen LogP contribution in [0.2, 0.25) is 0 Å². The highest BCUT2D eigenvalue weighted by Gasteiger charge is 2.15. The van der Waals surface area contributed by atoms with Crippen molar-refractivity contribution in [3.63, 3.8) is 0 Å². The lowest BCUT2D eigenvalue weighted by Gasteiger charge is -2.13. The van der Waals surface area contributed by atoms with Gasteiger partial charge in [-0.3, -0.25) is 20.0 Å². The van der Waals surface area contributed by atoms with Crippen LogP contribution >= 0.6 is 0 Å². The molecular formula is C19H18FN5O. The Balaban J connectivity index is 1.56. The van der Waals surface area contributed by atoms with Gasteiger partial charge in [0.05, 0.1) is 18.3 Å². The van der Waals surface area contributed by atoms with Crippen LogP contribution in [-0.2, 0) is 4.79 Å². The minimum absolute atomic E-state index is 0.114. The summed E-state index contributed by atoms with van der Waals surface area (Å²) < 4.78 is 13.4. The summed E-state index contributed by atoms with van der Waals surface area (Å²) in [6, 6.07) is 7.00. The van der Waals surface area contributed by atoms with Crippen LogP contribution in [0.1, 0.15) is 12.8 Å². The quantitative estimate of drug-likeness (QED) is 0.783. The van der Waals surface area contributed by atoms with E-state index in [1.165, 1.54) is 12.3 Å². The molecule has 2 aromatic heterocycles. The van der Waals surface area contributed by atoms with E-state index in [1.54, 1.807) is 12.4 Å². The van der Waals surface area contributed by atoms with Crippen LogP contribution < -0.4 is 5.32 Å². The van der Waals surface area contributed by atoms with Gasteiger partial charge in [-0.05, 0) is 43.6 Å². The van der Waals surface area contributed by atoms with Crippen molar-refractivity contribution in [3.05, 3.63) is 48.7 Å². The fraction of sp³-hybridized carbons (Fsp3) is 0.263. The number of likely N-dealkylation sites (tertiary alicyclic amines) is 1. The summed E-state index contributed by atoms with van der Waals surface area (Å²) in [6.07, 6.45) is 6.71. The molecule has 0 aliphatic carbocycles. The Morgan fingerprint density at radius 1 is 1.12 bits per heavy atom. The second kappa shape index (κ2) is 7.13.